The van der Waals surface area contributed by atoms with E-state index >= 15 is 0 Å². The number of nitrogens with zero attached hydrogens (tertiary/aromatic N) is 4. The first kappa shape index (κ1) is 23.0. The number of fused-ring (bicyclic) bond motifs is 1. The Balaban J connectivity index is 1.45. The molecule has 2 aromatic carbocycles. The molecule has 0 aliphatic carbocycles. The van der Waals surface area contributed by atoms with Crippen molar-refractivity contribution in [2.75, 3.05) is 19.0 Å². The summed E-state index contributed by atoms with van der Waals surface area (Å²) in [6.45, 7) is 2.33. The molecule has 3 aromatic rings. The van der Waals surface area contributed by atoms with Crippen molar-refractivity contribution in [2.45, 2.75) is 19.4 Å². The van der Waals surface area contributed by atoms with Crippen LogP contribution in [-0.4, -0.2) is 33.9 Å². The molecule has 0 bridgehead atoms. The van der Waals surface area contributed by atoms with Gasteiger partial charge in [0.15, 0.2) is 23.3 Å². The molecule has 0 saturated heterocycles. The number of hydrogen-bond acceptors (Lipinski definition) is 5. The second-order valence-corrected chi connectivity index (χ2v) is 8.66. The van der Waals surface area contributed by atoms with Gasteiger partial charge in [-0.2, -0.15) is 0 Å². The summed E-state index contributed by atoms with van der Waals surface area (Å²) in [4.78, 5) is 10.6. The molecule has 1 unspecified atom stereocenters. The number of methoxy groups -OCH3 is 1. The summed E-state index contributed by atoms with van der Waals surface area (Å²) >= 11 is 6.41. The molecule has 35 heavy (non-hydrogen) atoms. The predicted octanol–water partition coefficient (Wildman–Crippen LogP) is 5.84. The van der Waals surface area contributed by atoms with Crippen LogP contribution < -0.4 is 10.1 Å². The number of aromatic nitrogens is 2. The summed E-state index contributed by atoms with van der Waals surface area (Å²) in [6, 6.07) is 7.19. The van der Waals surface area contributed by atoms with Crippen molar-refractivity contribution in [3.8, 4) is 11.4 Å². The lowest BCUT2D eigenvalue weighted by atomic mass is 9.98. The Labute approximate surface area is 205 Å². The van der Waals surface area contributed by atoms with Crippen LogP contribution >= 0.6 is 11.6 Å². The first-order valence-electron chi connectivity index (χ1n) is 10.9. The Morgan fingerprint density at radius 3 is 2.60 bits per heavy atom. The fraction of sp³-hybridized carbons (Fsp3) is 0.200. The first-order valence-corrected chi connectivity index (χ1v) is 11.2. The molecule has 5 rings (SSSR count). The summed E-state index contributed by atoms with van der Waals surface area (Å²) in [7, 11) is 1.59. The average molecular weight is 500 g/mol. The van der Waals surface area contributed by atoms with E-state index in [1.165, 1.54) is 0 Å². The number of ether oxygens (including phenoxy) is 1. The van der Waals surface area contributed by atoms with Gasteiger partial charge in [0.1, 0.15) is 5.75 Å². The van der Waals surface area contributed by atoms with Crippen molar-refractivity contribution >= 4 is 23.1 Å². The van der Waals surface area contributed by atoms with Crippen LogP contribution in [0.4, 0.5) is 18.9 Å². The molecule has 1 N–H and O–H groups in total. The highest BCUT2D eigenvalue weighted by atomic mass is 35.5. The molecule has 0 amide bonds. The van der Waals surface area contributed by atoms with E-state index in [4.69, 9.17) is 16.3 Å². The van der Waals surface area contributed by atoms with Gasteiger partial charge < -0.3 is 19.5 Å². The Morgan fingerprint density at radius 2 is 1.91 bits per heavy atom. The van der Waals surface area contributed by atoms with E-state index in [0.29, 0.717) is 40.8 Å². The Bertz CT molecular complexity index is 1370. The Morgan fingerprint density at radius 1 is 1.14 bits per heavy atom. The highest BCUT2D eigenvalue weighted by Crippen LogP contribution is 2.36. The Kier molecular flexibility index (Phi) is 6.02. The van der Waals surface area contributed by atoms with E-state index in [-0.39, 0.29) is 0 Å². The minimum atomic E-state index is -1.49. The number of benzene rings is 2. The zero-order chi connectivity index (χ0) is 24.7. The van der Waals surface area contributed by atoms with Gasteiger partial charge in [0.25, 0.3) is 0 Å². The number of halogens is 4. The third-order valence-corrected chi connectivity index (χ3v) is 6.08. The molecule has 2 aliphatic heterocycles. The number of hydrogen-bond donors (Lipinski definition) is 1. The van der Waals surface area contributed by atoms with Gasteiger partial charge in [-0.25, -0.2) is 18.2 Å². The number of allylic oxidation sites excluding steroid dienone is 2. The average Bonchev–Trinajstić information content (AvgIpc) is 3.27. The van der Waals surface area contributed by atoms with Crippen LogP contribution in [0.3, 0.4) is 0 Å². The fourth-order valence-corrected chi connectivity index (χ4v) is 4.49. The summed E-state index contributed by atoms with van der Waals surface area (Å²) < 4.78 is 48.9. The number of nitrogens with one attached hydrogen (secondary N) is 1. The minimum Gasteiger partial charge on any atom is -0.494 e. The smallest absolute Gasteiger partial charge is 0.194 e. The third kappa shape index (κ3) is 4.39. The molecule has 1 aromatic heterocycles. The molecule has 180 valence electrons. The molecule has 10 heteroatoms. The van der Waals surface area contributed by atoms with Crippen LogP contribution in [0.1, 0.15) is 23.7 Å². The van der Waals surface area contributed by atoms with Crippen molar-refractivity contribution in [3.05, 3.63) is 94.6 Å². The van der Waals surface area contributed by atoms with Gasteiger partial charge >= 0.3 is 0 Å². The van der Waals surface area contributed by atoms with Gasteiger partial charge in [-0.1, -0.05) is 11.6 Å². The number of anilines is 1. The Hall–Kier alpha value is -3.72. The van der Waals surface area contributed by atoms with Crippen LogP contribution in [0.25, 0.3) is 5.69 Å². The van der Waals surface area contributed by atoms with E-state index in [1.807, 2.05) is 35.9 Å². The van der Waals surface area contributed by atoms with E-state index in [2.05, 4.69) is 15.3 Å². The molecule has 6 nitrogen and oxygen atoms in total. The zero-order valence-corrected chi connectivity index (χ0v) is 19.7. The highest BCUT2D eigenvalue weighted by molar-refractivity contribution is 6.32. The summed E-state index contributed by atoms with van der Waals surface area (Å²) in [5, 5.41) is 3.73. The zero-order valence-electron chi connectivity index (χ0n) is 18.9. The molecule has 3 heterocycles. The van der Waals surface area contributed by atoms with Gasteiger partial charge in [0.05, 0.1) is 41.6 Å². The molecule has 0 spiro atoms. The van der Waals surface area contributed by atoms with Crippen molar-refractivity contribution in [2.24, 2.45) is 4.99 Å². The topological polar surface area (TPSA) is 54.7 Å². The van der Waals surface area contributed by atoms with Crippen LogP contribution in [0, 0.1) is 24.4 Å². The van der Waals surface area contributed by atoms with Crippen LogP contribution in [0.5, 0.6) is 5.75 Å². The van der Waals surface area contributed by atoms with Crippen LogP contribution in [0.15, 0.2) is 70.9 Å². The second kappa shape index (κ2) is 9.14. The summed E-state index contributed by atoms with van der Waals surface area (Å²) in [6.07, 6.45) is 7.47. The summed E-state index contributed by atoms with van der Waals surface area (Å²) in [5.74, 6) is -2.76. The lowest BCUT2D eigenvalue weighted by molar-refractivity contribution is 0.362. The van der Waals surface area contributed by atoms with Gasteiger partial charge in [-0.05, 0) is 49.2 Å². The van der Waals surface area contributed by atoms with Crippen LogP contribution in [-0.2, 0) is 0 Å². The number of aryl methyl sites for hydroxylation is 1. The second-order valence-electron chi connectivity index (χ2n) is 8.22. The van der Waals surface area contributed by atoms with E-state index < -0.39 is 23.5 Å². The van der Waals surface area contributed by atoms with Crippen molar-refractivity contribution in [3.63, 3.8) is 0 Å². The van der Waals surface area contributed by atoms with Crippen LogP contribution in [0.2, 0.25) is 0 Å². The molecular formula is C25H21ClF3N5O. The molecule has 2 aliphatic rings. The normalized spacial score (nSPS) is 17.4. The van der Waals surface area contributed by atoms with E-state index in [1.54, 1.807) is 30.6 Å². The van der Waals surface area contributed by atoms with Gasteiger partial charge in [-0.3, -0.25) is 4.99 Å². The lowest BCUT2D eigenvalue weighted by Crippen LogP contribution is -2.39. The molecular weight excluding hydrogens is 479 g/mol. The predicted molar refractivity (Wildman–Crippen MR) is 128 cm³/mol. The third-order valence-electron chi connectivity index (χ3n) is 5.87. The SMILES string of the molecule is COc1cc(NC2=CC(Cl)=CN3C2=NCCC3c2cc(F)c(F)c(F)c2)ccc1-n1cnc(C)c1. The minimum absolute atomic E-state index is 0.303. The largest absolute Gasteiger partial charge is 0.494 e. The highest BCUT2D eigenvalue weighted by Gasteiger charge is 2.31. The van der Waals surface area contributed by atoms with Gasteiger partial charge in [0, 0.05) is 30.7 Å². The van der Waals surface area contributed by atoms with Crippen molar-refractivity contribution in [1.29, 1.82) is 0 Å². The monoisotopic (exact) mass is 499 g/mol. The fourth-order valence-electron chi connectivity index (χ4n) is 4.27. The van der Waals surface area contributed by atoms with Crippen molar-refractivity contribution in [1.82, 2.24) is 14.5 Å². The number of amidine groups is 1. The number of aliphatic imine (C=N–C) groups is 1. The maximum absolute atomic E-state index is 13.9. The standard InChI is InChI=1S/C25H21ClF3N5O/c1-14-11-33(13-31-14)22-4-3-17(10-23(22)35-2)32-20-9-16(26)12-34-21(5-6-30-25(20)34)15-7-18(27)24(29)19(28)8-15/h3-4,7-13,21,32H,5-6H2,1-2H3. The quantitative estimate of drug-likeness (QED) is 0.448. The lowest BCUT2D eigenvalue weighted by Gasteiger charge is -2.38. The van der Waals surface area contributed by atoms with Gasteiger partial charge in [-0.15, -0.1) is 0 Å². The van der Waals surface area contributed by atoms with E-state index in [0.717, 1.165) is 29.2 Å². The van der Waals surface area contributed by atoms with E-state index in [9.17, 15) is 13.2 Å². The summed E-state index contributed by atoms with van der Waals surface area (Å²) in [5.41, 5.74) is 3.35. The first-order chi connectivity index (χ1) is 16.8. The number of imidazole rings is 1. The molecule has 1 atom stereocenters. The van der Waals surface area contributed by atoms with Crippen molar-refractivity contribution < 1.29 is 17.9 Å². The molecule has 0 fully saturated rings. The molecule has 0 saturated carbocycles. The maximum atomic E-state index is 13.9. The maximum Gasteiger partial charge on any atom is 0.194 e. The van der Waals surface area contributed by atoms with Gasteiger partial charge in [0.2, 0.25) is 0 Å². The molecule has 0 radical (unpaired) electrons. The number of rotatable bonds is 5.